The molecule has 4 rings (SSSR count). The van der Waals surface area contributed by atoms with Crippen molar-refractivity contribution in [2.75, 3.05) is 51.4 Å². The van der Waals surface area contributed by atoms with Crippen LogP contribution in [0.3, 0.4) is 0 Å². The second-order valence-corrected chi connectivity index (χ2v) is 11.4. The Bertz CT molecular complexity index is 1350. The van der Waals surface area contributed by atoms with E-state index in [4.69, 9.17) is 23.3 Å². The Kier molecular flexibility index (Phi) is 11.0. The van der Waals surface area contributed by atoms with Gasteiger partial charge < -0.3 is 29.2 Å². The van der Waals surface area contributed by atoms with Crippen molar-refractivity contribution in [2.24, 2.45) is 0 Å². The first-order valence-electron chi connectivity index (χ1n) is 13.4. The van der Waals surface area contributed by atoms with Crippen LogP contribution in [0.2, 0.25) is 0 Å². The number of ether oxygens (including phenoxy) is 3. The van der Waals surface area contributed by atoms with E-state index in [0.29, 0.717) is 37.4 Å². The first-order chi connectivity index (χ1) is 20.5. The molecule has 2 unspecified atom stereocenters. The molecule has 2 aliphatic rings. The molecule has 5 atom stereocenters. The van der Waals surface area contributed by atoms with Gasteiger partial charge in [-0.3, -0.25) is 18.8 Å². The van der Waals surface area contributed by atoms with E-state index < -0.39 is 56.4 Å². The number of hydrogen-bond donors (Lipinski definition) is 3. The summed E-state index contributed by atoms with van der Waals surface area (Å²) < 4.78 is 71.2. The molecule has 1 aromatic heterocycles. The Labute approximate surface area is 246 Å². The summed E-state index contributed by atoms with van der Waals surface area (Å²) in [6.07, 6.45) is -4.17. The summed E-state index contributed by atoms with van der Waals surface area (Å²) in [5.41, 5.74) is -1.08. The minimum Gasteiger partial charge on any atom is -0.463 e. The van der Waals surface area contributed by atoms with Gasteiger partial charge in [-0.25, -0.2) is 9.36 Å². The van der Waals surface area contributed by atoms with E-state index >= 15 is 8.78 Å². The number of carbonyl (C=O) groups is 1. The summed E-state index contributed by atoms with van der Waals surface area (Å²) in [6.45, 7) is 7.08. The van der Waals surface area contributed by atoms with Crippen LogP contribution in [0, 0.1) is 0 Å². The zero-order valence-corrected chi connectivity index (χ0v) is 24.2. The second kappa shape index (κ2) is 14.5. The third-order valence-electron chi connectivity index (χ3n) is 6.55. The fourth-order valence-corrected chi connectivity index (χ4v) is 5.78. The van der Waals surface area contributed by atoms with Crippen LogP contribution in [0.4, 0.5) is 14.6 Å². The Morgan fingerprint density at radius 3 is 2.70 bits per heavy atom. The Balaban J connectivity index is 1.43. The van der Waals surface area contributed by atoms with Crippen molar-refractivity contribution in [2.45, 2.75) is 37.3 Å². The molecule has 0 spiro atoms. The van der Waals surface area contributed by atoms with Crippen molar-refractivity contribution >= 4 is 19.5 Å². The molecule has 2 aliphatic heterocycles. The number of halogens is 2. The number of rotatable bonds is 14. The van der Waals surface area contributed by atoms with Crippen molar-refractivity contribution in [1.82, 2.24) is 19.5 Å². The smallest absolute Gasteiger partial charge is 0.459 e. The van der Waals surface area contributed by atoms with Gasteiger partial charge in [-0.2, -0.15) is 18.9 Å². The molecule has 17 heteroatoms. The number of para-hydroxylation sites is 1. The average Bonchev–Trinajstić information content (AvgIpc) is 3.21. The molecule has 2 saturated heterocycles. The number of esters is 1. The molecule has 0 aliphatic carbocycles. The largest absolute Gasteiger partial charge is 0.463 e. The number of alkyl halides is 2. The maximum atomic E-state index is 15.1. The number of hydrogen-bond acceptors (Lipinski definition) is 12. The standard InChI is InChI=1S/C26H34F2N5O9P/c1-3-29-21-9-10-33(25(36)30-21)24-26(27,28)22(34)20(41-24)17-40-43(37,42-19-7-5-4-6-8-19)31-18(2)23(35)39-16-13-32-11-14-38-15-12-32/h3-10,18,20,22,24,34H,1,11-17H2,2H3,(H,31,37)(H,29,30,36)/t18?,20-,22-,24-,43?/m1/s1. The second-order valence-electron chi connectivity index (χ2n) is 9.67. The van der Waals surface area contributed by atoms with Crippen molar-refractivity contribution in [3.63, 3.8) is 0 Å². The van der Waals surface area contributed by atoms with Gasteiger partial charge in [0.2, 0.25) is 6.23 Å². The van der Waals surface area contributed by atoms with Crippen molar-refractivity contribution < 1.29 is 46.5 Å². The van der Waals surface area contributed by atoms with E-state index in [9.17, 15) is 19.3 Å². The van der Waals surface area contributed by atoms with Gasteiger partial charge in [-0.15, -0.1) is 0 Å². The number of aliphatic hydroxyl groups excluding tert-OH is 1. The van der Waals surface area contributed by atoms with E-state index in [-0.39, 0.29) is 18.2 Å². The zero-order chi connectivity index (χ0) is 31.0. The Morgan fingerprint density at radius 1 is 1.30 bits per heavy atom. The summed E-state index contributed by atoms with van der Waals surface area (Å²) in [5, 5.41) is 15.4. The van der Waals surface area contributed by atoms with Crippen LogP contribution in [0.25, 0.3) is 0 Å². The molecule has 0 saturated carbocycles. The normalized spacial score (nSPS) is 24.0. The predicted molar refractivity (Wildman–Crippen MR) is 149 cm³/mol. The third-order valence-corrected chi connectivity index (χ3v) is 8.19. The van der Waals surface area contributed by atoms with Crippen LogP contribution < -0.4 is 20.6 Å². The van der Waals surface area contributed by atoms with Gasteiger partial charge >= 0.3 is 25.3 Å². The van der Waals surface area contributed by atoms with Crippen LogP contribution in [0.5, 0.6) is 5.75 Å². The molecule has 2 fully saturated rings. The molecule has 14 nitrogen and oxygen atoms in total. The predicted octanol–water partition coefficient (Wildman–Crippen LogP) is 1.75. The minimum absolute atomic E-state index is 0.0665. The van der Waals surface area contributed by atoms with Crippen molar-refractivity contribution in [3.8, 4) is 5.75 Å². The van der Waals surface area contributed by atoms with E-state index in [2.05, 4.69) is 26.9 Å². The molecule has 3 heterocycles. The topological polar surface area (TPSA) is 163 Å². The summed E-state index contributed by atoms with van der Waals surface area (Å²) in [6, 6.07) is 7.86. The van der Waals surface area contributed by atoms with E-state index in [0.717, 1.165) is 6.20 Å². The number of aliphatic hydroxyl groups is 1. The van der Waals surface area contributed by atoms with Gasteiger partial charge in [-0.1, -0.05) is 24.8 Å². The first-order valence-corrected chi connectivity index (χ1v) is 15.0. The number of carbonyl (C=O) groups excluding carboxylic acids is 1. The fourth-order valence-electron chi connectivity index (χ4n) is 4.28. The van der Waals surface area contributed by atoms with Crippen LogP contribution in [0.15, 0.2) is 60.2 Å². The molecular formula is C26H34F2N5O9P. The van der Waals surface area contributed by atoms with Gasteiger partial charge in [0.05, 0.1) is 19.8 Å². The van der Waals surface area contributed by atoms with Gasteiger partial charge in [-0.05, 0) is 31.3 Å². The highest BCUT2D eigenvalue weighted by molar-refractivity contribution is 7.52. The lowest BCUT2D eigenvalue weighted by molar-refractivity contribution is -0.146. The zero-order valence-electron chi connectivity index (χ0n) is 23.3. The summed E-state index contributed by atoms with van der Waals surface area (Å²) >= 11 is 0. The molecule has 1 aromatic carbocycles. The number of benzene rings is 1. The molecule has 0 radical (unpaired) electrons. The lowest BCUT2D eigenvalue weighted by atomic mass is 10.1. The van der Waals surface area contributed by atoms with Crippen LogP contribution in [-0.4, -0.2) is 95.8 Å². The number of anilines is 1. The van der Waals surface area contributed by atoms with E-state index in [1.165, 1.54) is 31.3 Å². The molecule has 236 valence electrons. The molecule has 0 bridgehead atoms. The molecule has 3 N–H and O–H groups in total. The van der Waals surface area contributed by atoms with Crippen LogP contribution >= 0.6 is 7.75 Å². The van der Waals surface area contributed by atoms with Gasteiger partial charge in [0.25, 0.3) is 0 Å². The van der Waals surface area contributed by atoms with Gasteiger partial charge in [0, 0.05) is 25.8 Å². The fraction of sp³-hybridized carbons (Fsp3) is 0.500. The van der Waals surface area contributed by atoms with Crippen molar-refractivity contribution in [1.29, 1.82) is 0 Å². The van der Waals surface area contributed by atoms with Crippen LogP contribution in [0.1, 0.15) is 13.2 Å². The molecule has 2 aromatic rings. The molecular weight excluding hydrogens is 595 g/mol. The maximum Gasteiger partial charge on any atom is 0.459 e. The monoisotopic (exact) mass is 629 g/mol. The highest BCUT2D eigenvalue weighted by Gasteiger charge is 2.60. The van der Waals surface area contributed by atoms with Gasteiger partial charge in [0.15, 0.2) is 6.10 Å². The average molecular weight is 630 g/mol. The summed E-state index contributed by atoms with van der Waals surface area (Å²) in [4.78, 5) is 30.7. The third kappa shape index (κ3) is 8.44. The molecule has 43 heavy (non-hydrogen) atoms. The molecule has 0 amide bonds. The van der Waals surface area contributed by atoms with E-state index in [1.807, 2.05) is 0 Å². The highest BCUT2D eigenvalue weighted by atomic mass is 31.2. The Morgan fingerprint density at radius 2 is 2.02 bits per heavy atom. The van der Waals surface area contributed by atoms with Gasteiger partial charge in [0.1, 0.15) is 30.3 Å². The number of nitrogens with zero attached hydrogens (tertiary/aromatic N) is 3. The van der Waals surface area contributed by atoms with Crippen molar-refractivity contribution in [3.05, 3.63) is 65.9 Å². The quantitative estimate of drug-likeness (QED) is 0.205. The number of aromatic nitrogens is 2. The Hall–Kier alpha value is -3.24. The lowest BCUT2D eigenvalue weighted by Gasteiger charge is -2.27. The lowest BCUT2D eigenvalue weighted by Crippen LogP contribution is -2.42. The van der Waals surface area contributed by atoms with Crippen LogP contribution in [-0.2, 0) is 28.1 Å². The summed E-state index contributed by atoms with van der Waals surface area (Å²) in [7, 11) is -4.46. The minimum atomic E-state index is -4.46. The van der Waals surface area contributed by atoms with E-state index in [1.54, 1.807) is 18.2 Å². The number of nitrogens with one attached hydrogen (secondary N) is 2. The first kappa shape index (κ1) is 32.7. The highest BCUT2D eigenvalue weighted by Crippen LogP contribution is 2.48. The number of morpholine rings is 1. The maximum absolute atomic E-state index is 15.1. The summed E-state index contributed by atoms with van der Waals surface area (Å²) in [5.74, 6) is -4.55. The SMILES string of the molecule is C=CNc1ccn([C@@H]2O[C@H](COP(=O)(NC(C)C(=O)OCCN3CCOCC3)Oc3ccccc3)[C@@H](O)C2(F)F)c(=O)n1.